The van der Waals surface area contributed by atoms with Crippen molar-refractivity contribution in [2.45, 2.75) is 63.8 Å². The molecular formula is C16H29N3O2. The van der Waals surface area contributed by atoms with Crippen LogP contribution in [-0.4, -0.2) is 48.4 Å². The van der Waals surface area contributed by atoms with Crippen LogP contribution in [0.5, 0.6) is 0 Å². The molecule has 0 aromatic rings. The zero-order valence-electron chi connectivity index (χ0n) is 13.2. The van der Waals surface area contributed by atoms with Gasteiger partial charge in [-0.2, -0.15) is 0 Å². The molecule has 2 saturated heterocycles. The van der Waals surface area contributed by atoms with E-state index >= 15 is 0 Å². The van der Waals surface area contributed by atoms with E-state index < -0.39 is 0 Å². The topological polar surface area (TPSA) is 61.4 Å². The number of amides is 2. The van der Waals surface area contributed by atoms with Crippen LogP contribution in [0.2, 0.25) is 0 Å². The quantitative estimate of drug-likeness (QED) is 0.779. The molecule has 2 N–H and O–H groups in total. The van der Waals surface area contributed by atoms with Crippen molar-refractivity contribution in [3.63, 3.8) is 0 Å². The van der Waals surface area contributed by atoms with Gasteiger partial charge in [0.1, 0.15) is 0 Å². The fourth-order valence-corrected chi connectivity index (χ4v) is 3.51. The van der Waals surface area contributed by atoms with Gasteiger partial charge in [-0.1, -0.05) is 13.3 Å². The van der Waals surface area contributed by atoms with Crippen molar-refractivity contribution >= 4 is 11.8 Å². The number of nitrogens with one attached hydrogen (secondary N) is 2. The molecule has 2 rings (SSSR count). The Labute approximate surface area is 127 Å². The summed E-state index contributed by atoms with van der Waals surface area (Å²) in [6, 6.07) is 0. The Bertz CT molecular complexity index is 359. The first-order valence-electron chi connectivity index (χ1n) is 8.49. The molecule has 1 unspecified atom stereocenters. The van der Waals surface area contributed by atoms with Crippen molar-refractivity contribution in [3.05, 3.63) is 0 Å². The monoisotopic (exact) mass is 295 g/mol. The summed E-state index contributed by atoms with van der Waals surface area (Å²) in [6.45, 7) is 5.25. The van der Waals surface area contributed by atoms with Gasteiger partial charge in [-0.15, -0.1) is 0 Å². The maximum absolute atomic E-state index is 12.4. The lowest BCUT2D eigenvalue weighted by atomic mass is 9.91. The van der Waals surface area contributed by atoms with Gasteiger partial charge in [0.2, 0.25) is 11.8 Å². The molecule has 0 radical (unpaired) electrons. The minimum atomic E-state index is -0.386. The van der Waals surface area contributed by atoms with Crippen LogP contribution in [-0.2, 0) is 9.59 Å². The Morgan fingerprint density at radius 1 is 1.19 bits per heavy atom. The zero-order valence-corrected chi connectivity index (χ0v) is 13.2. The van der Waals surface area contributed by atoms with Crippen LogP contribution < -0.4 is 10.6 Å². The SMILES string of the molecule is CCCC1(C(=O)NCCC(=O)N2CCCCC2)CCCN1. The second-order valence-corrected chi connectivity index (χ2v) is 6.31. The Balaban J connectivity index is 1.74. The van der Waals surface area contributed by atoms with Crippen molar-refractivity contribution in [2.75, 3.05) is 26.2 Å². The first kappa shape index (κ1) is 16.3. The Kier molecular flexibility index (Phi) is 6.03. The normalized spacial score (nSPS) is 25.9. The van der Waals surface area contributed by atoms with Gasteiger partial charge in [0.05, 0.1) is 5.54 Å². The van der Waals surface area contributed by atoms with E-state index in [-0.39, 0.29) is 17.4 Å². The number of hydrogen-bond acceptors (Lipinski definition) is 3. The molecule has 0 aliphatic carbocycles. The van der Waals surface area contributed by atoms with E-state index in [1.807, 2.05) is 4.90 Å². The molecule has 5 nitrogen and oxygen atoms in total. The molecule has 1 atom stereocenters. The van der Waals surface area contributed by atoms with E-state index in [0.29, 0.717) is 13.0 Å². The number of hydrogen-bond donors (Lipinski definition) is 2. The highest BCUT2D eigenvalue weighted by molar-refractivity contribution is 5.87. The van der Waals surface area contributed by atoms with Crippen molar-refractivity contribution in [1.29, 1.82) is 0 Å². The summed E-state index contributed by atoms with van der Waals surface area (Å²) < 4.78 is 0. The third-order valence-corrected chi connectivity index (χ3v) is 4.69. The van der Waals surface area contributed by atoms with Gasteiger partial charge in [-0.3, -0.25) is 9.59 Å². The van der Waals surface area contributed by atoms with E-state index in [9.17, 15) is 9.59 Å². The molecule has 0 spiro atoms. The van der Waals surface area contributed by atoms with E-state index in [4.69, 9.17) is 0 Å². The summed E-state index contributed by atoms with van der Waals surface area (Å²) in [5, 5.41) is 6.34. The number of piperidine rings is 1. The third kappa shape index (κ3) is 4.19. The van der Waals surface area contributed by atoms with Crippen LogP contribution in [0.15, 0.2) is 0 Å². The highest BCUT2D eigenvalue weighted by Crippen LogP contribution is 2.24. The maximum atomic E-state index is 12.4. The second kappa shape index (κ2) is 7.78. The van der Waals surface area contributed by atoms with Crippen LogP contribution in [0.25, 0.3) is 0 Å². The molecule has 120 valence electrons. The highest BCUT2D eigenvalue weighted by atomic mass is 16.2. The van der Waals surface area contributed by atoms with Gasteiger partial charge in [-0.05, 0) is 45.1 Å². The Hall–Kier alpha value is -1.10. The molecular weight excluding hydrogens is 266 g/mol. The summed E-state index contributed by atoms with van der Waals surface area (Å²) in [7, 11) is 0. The first-order chi connectivity index (χ1) is 10.2. The molecule has 0 aromatic heterocycles. The Morgan fingerprint density at radius 2 is 1.95 bits per heavy atom. The molecule has 0 saturated carbocycles. The van der Waals surface area contributed by atoms with Crippen molar-refractivity contribution in [3.8, 4) is 0 Å². The van der Waals surface area contributed by atoms with Gasteiger partial charge in [0.25, 0.3) is 0 Å². The first-order valence-corrected chi connectivity index (χ1v) is 8.49. The van der Waals surface area contributed by atoms with Crippen LogP contribution in [0.4, 0.5) is 0 Å². The van der Waals surface area contributed by atoms with E-state index in [0.717, 1.165) is 58.2 Å². The smallest absolute Gasteiger partial charge is 0.240 e. The van der Waals surface area contributed by atoms with E-state index in [1.54, 1.807) is 0 Å². The van der Waals surface area contributed by atoms with Crippen molar-refractivity contribution in [2.24, 2.45) is 0 Å². The summed E-state index contributed by atoms with van der Waals surface area (Å²) in [5.74, 6) is 0.257. The minimum Gasteiger partial charge on any atom is -0.354 e. The molecule has 2 heterocycles. The number of carbonyl (C=O) groups is 2. The molecule has 0 bridgehead atoms. The number of nitrogens with zero attached hydrogens (tertiary/aromatic N) is 1. The van der Waals surface area contributed by atoms with Crippen LogP contribution >= 0.6 is 0 Å². The predicted molar refractivity (Wildman–Crippen MR) is 82.9 cm³/mol. The van der Waals surface area contributed by atoms with Crippen LogP contribution in [0.1, 0.15) is 58.3 Å². The highest BCUT2D eigenvalue weighted by Gasteiger charge is 2.39. The molecule has 2 fully saturated rings. The average molecular weight is 295 g/mol. The van der Waals surface area contributed by atoms with Gasteiger partial charge in [0.15, 0.2) is 0 Å². The molecule has 2 amide bonds. The molecule has 2 aliphatic rings. The zero-order chi connectivity index (χ0) is 15.1. The lowest BCUT2D eigenvalue weighted by molar-refractivity contribution is -0.132. The van der Waals surface area contributed by atoms with E-state index in [1.165, 1.54) is 6.42 Å². The lowest BCUT2D eigenvalue weighted by Gasteiger charge is -2.29. The van der Waals surface area contributed by atoms with Gasteiger partial charge < -0.3 is 15.5 Å². The van der Waals surface area contributed by atoms with Gasteiger partial charge in [-0.25, -0.2) is 0 Å². The largest absolute Gasteiger partial charge is 0.354 e. The molecule has 21 heavy (non-hydrogen) atoms. The van der Waals surface area contributed by atoms with Crippen LogP contribution in [0.3, 0.4) is 0 Å². The standard InChI is InChI=1S/C16H29N3O2/c1-2-8-16(9-6-10-18-16)15(21)17-11-7-14(20)19-12-4-3-5-13-19/h18H,2-13H2,1H3,(H,17,21). The summed E-state index contributed by atoms with van der Waals surface area (Å²) >= 11 is 0. The summed E-state index contributed by atoms with van der Waals surface area (Å²) in [4.78, 5) is 26.4. The molecule has 5 heteroatoms. The second-order valence-electron chi connectivity index (χ2n) is 6.31. The van der Waals surface area contributed by atoms with Crippen LogP contribution in [0, 0.1) is 0 Å². The summed E-state index contributed by atoms with van der Waals surface area (Å²) in [6.07, 6.45) is 7.71. The fourth-order valence-electron chi connectivity index (χ4n) is 3.51. The average Bonchev–Trinajstić information content (AvgIpc) is 2.98. The predicted octanol–water partition coefficient (Wildman–Crippen LogP) is 1.43. The van der Waals surface area contributed by atoms with E-state index in [2.05, 4.69) is 17.6 Å². The number of carbonyl (C=O) groups excluding carboxylic acids is 2. The minimum absolute atomic E-state index is 0.0771. The summed E-state index contributed by atoms with van der Waals surface area (Å²) in [5.41, 5.74) is -0.386. The van der Waals surface area contributed by atoms with Gasteiger partial charge in [0, 0.05) is 26.1 Å². The number of likely N-dealkylation sites (tertiary alicyclic amines) is 1. The lowest BCUT2D eigenvalue weighted by Crippen LogP contribution is -2.53. The van der Waals surface area contributed by atoms with Crippen molar-refractivity contribution < 1.29 is 9.59 Å². The maximum Gasteiger partial charge on any atom is 0.240 e. The van der Waals surface area contributed by atoms with Crippen molar-refractivity contribution in [1.82, 2.24) is 15.5 Å². The third-order valence-electron chi connectivity index (χ3n) is 4.69. The fraction of sp³-hybridized carbons (Fsp3) is 0.875. The molecule has 0 aromatic carbocycles. The molecule has 2 aliphatic heterocycles. The van der Waals surface area contributed by atoms with Gasteiger partial charge >= 0.3 is 0 Å². The Morgan fingerprint density at radius 3 is 2.57 bits per heavy atom. The number of rotatable bonds is 6.